The number of H-pyrrole nitrogens is 1. The number of hydrogen-bond acceptors (Lipinski definition) is 6. The monoisotopic (exact) mass is 313 g/mol. The van der Waals surface area contributed by atoms with Gasteiger partial charge >= 0.3 is 5.97 Å². The zero-order chi connectivity index (χ0) is 16.4. The first-order valence-corrected chi connectivity index (χ1v) is 7.00. The summed E-state index contributed by atoms with van der Waals surface area (Å²) in [5.41, 5.74) is 6.27. The van der Waals surface area contributed by atoms with E-state index in [0.717, 1.165) is 0 Å². The van der Waals surface area contributed by atoms with Crippen molar-refractivity contribution in [3.63, 3.8) is 0 Å². The van der Waals surface area contributed by atoms with Crippen LogP contribution in [0.4, 0.5) is 0 Å². The second kappa shape index (κ2) is 6.01. The van der Waals surface area contributed by atoms with Gasteiger partial charge in [0.15, 0.2) is 5.65 Å². The summed E-state index contributed by atoms with van der Waals surface area (Å²) in [6.07, 6.45) is 1.80. The molecule has 0 aliphatic rings. The lowest BCUT2D eigenvalue weighted by Crippen LogP contribution is -2.32. The number of carbonyl (C=O) groups is 1. The summed E-state index contributed by atoms with van der Waals surface area (Å²) in [4.78, 5) is 30.4. The third-order valence-corrected chi connectivity index (χ3v) is 3.30. The van der Waals surface area contributed by atoms with Gasteiger partial charge < -0.3 is 15.5 Å². The molecule has 0 amide bonds. The van der Waals surface area contributed by atoms with Crippen LogP contribution in [0.5, 0.6) is 0 Å². The first kappa shape index (κ1) is 14.9. The first-order chi connectivity index (χ1) is 11.1. The third-order valence-electron chi connectivity index (χ3n) is 3.30. The van der Waals surface area contributed by atoms with Crippen molar-refractivity contribution in [1.29, 1.82) is 0 Å². The molecule has 0 saturated carbocycles. The Labute approximate surface area is 130 Å². The number of rotatable bonds is 4. The number of aromatic amines is 1. The lowest BCUT2D eigenvalue weighted by molar-refractivity contribution is -0.152. The van der Waals surface area contributed by atoms with Gasteiger partial charge in [-0.1, -0.05) is 30.3 Å². The molecule has 2 heterocycles. The summed E-state index contributed by atoms with van der Waals surface area (Å²) in [6.45, 7) is 1.54. The molecule has 118 valence electrons. The van der Waals surface area contributed by atoms with E-state index < -0.39 is 18.2 Å². The van der Waals surface area contributed by atoms with Crippen LogP contribution in [0.1, 0.15) is 18.7 Å². The second-order valence-corrected chi connectivity index (χ2v) is 5.05. The van der Waals surface area contributed by atoms with E-state index in [0.29, 0.717) is 16.6 Å². The number of hydrogen-bond donors (Lipinski definition) is 2. The van der Waals surface area contributed by atoms with Crippen molar-refractivity contribution in [3.05, 3.63) is 58.8 Å². The maximum absolute atomic E-state index is 11.9. The lowest BCUT2D eigenvalue weighted by atomic mass is 10.2. The van der Waals surface area contributed by atoms with Crippen molar-refractivity contribution < 1.29 is 9.53 Å². The zero-order valence-electron chi connectivity index (χ0n) is 12.3. The number of ether oxygens (including phenoxy) is 1. The quantitative estimate of drug-likeness (QED) is 0.680. The van der Waals surface area contributed by atoms with Crippen LogP contribution >= 0.6 is 0 Å². The van der Waals surface area contributed by atoms with Gasteiger partial charge in [-0.3, -0.25) is 9.59 Å². The predicted molar refractivity (Wildman–Crippen MR) is 82.5 cm³/mol. The van der Waals surface area contributed by atoms with Crippen LogP contribution in [-0.4, -0.2) is 31.8 Å². The molecule has 0 aliphatic heterocycles. The maximum Gasteiger partial charge on any atom is 0.324 e. The van der Waals surface area contributed by atoms with Crippen LogP contribution in [0.25, 0.3) is 11.0 Å². The largest absolute Gasteiger partial charge is 0.434 e. The number of nitrogens with zero attached hydrogens (tertiary/aromatic N) is 3. The average Bonchev–Trinajstić information content (AvgIpc) is 2.98. The fraction of sp³-hybridized carbons (Fsp3) is 0.200. The van der Waals surface area contributed by atoms with Crippen LogP contribution in [0.3, 0.4) is 0 Å². The third kappa shape index (κ3) is 2.84. The molecule has 0 spiro atoms. The smallest absolute Gasteiger partial charge is 0.324 e. The highest BCUT2D eigenvalue weighted by molar-refractivity contribution is 5.76. The van der Waals surface area contributed by atoms with E-state index in [1.165, 1.54) is 24.1 Å². The highest BCUT2D eigenvalue weighted by Crippen LogP contribution is 2.22. The molecular formula is C15H15N5O3. The summed E-state index contributed by atoms with van der Waals surface area (Å²) in [5, 5.41) is 4.47. The molecule has 8 heteroatoms. The Kier molecular flexibility index (Phi) is 3.90. The van der Waals surface area contributed by atoms with Gasteiger partial charge in [-0.15, -0.1) is 0 Å². The first-order valence-electron chi connectivity index (χ1n) is 7.00. The van der Waals surface area contributed by atoms with Crippen molar-refractivity contribution >= 4 is 17.0 Å². The van der Waals surface area contributed by atoms with Gasteiger partial charge in [0.25, 0.3) is 5.56 Å². The molecule has 0 aliphatic carbocycles. The minimum atomic E-state index is -0.860. The molecule has 3 N–H and O–H groups in total. The fourth-order valence-corrected chi connectivity index (χ4v) is 2.14. The lowest BCUT2D eigenvalue weighted by Gasteiger charge is -2.20. The van der Waals surface area contributed by atoms with Crippen molar-refractivity contribution in [3.8, 4) is 0 Å². The van der Waals surface area contributed by atoms with Gasteiger partial charge in [-0.25, -0.2) is 9.67 Å². The highest BCUT2D eigenvalue weighted by atomic mass is 16.6. The maximum atomic E-state index is 11.9. The summed E-state index contributed by atoms with van der Waals surface area (Å²) < 4.78 is 6.86. The van der Waals surface area contributed by atoms with E-state index >= 15 is 0 Å². The number of fused-ring (bicyclic) bond motifs is 1. The SMILES string of the molecule is C[C@H](N)C(=O)OC(c1ccccc1)n1ncc2c(=O)[nH]cnc21. The van der Waals surface area contributed by atoms with Gasteiger partial charge in [0.2, 0.25) is 6.23 Å². The molecule has 1 aromatic carbocycles. The van der Waals surface area contributed by atoms with Crippen molar-refractivity contribution in [1.82, 2.24) is 19.7 Å². The van der Waals surface area contributed by atoms with E-state index in [9.17, 15) is 9.59 Å². The topological polar surface area (TPSA) is 116 Å². The van der Waals surface area contributed by atoms with Crippen molar-refractivity contribution in [2.75, 3.05) is 0 Å². The Bertz CT molecular complexity index is 885. The Morgan fingerprint density at radius 3 is 2.78 bits per heavy atom. The molecule has 0 bridgehead atoms. The van der Waals surface area contributed by atoms with Gasteiger partial charge in [-0.2, -0.15) is 5.10 Å². The number of carbonyl (C=O) groups excluding carboxylic acids is 1. The molecular weight excluding hydrogens is 298 g/mol. The number of nitrogens with two attached hydrogens (primary N) is 1. The molecule has 3 aromatic rings. The van der Waals surface area contributed by atoms with E-state index in [1.54, 1.807) is 12.1 Å². The van der Waals surface area contributed by atoms with Gasteiger partial charge in [-0.05, 0) is 6.92 Å². The predicted octanol–water partition coefficient (Wildman–Crippen LogP) is 0.557. The summed E-state index contributed by atoms with van der Waals surface area (Å²) in [7, 11) is 0. The Hall–Kier alpha value is -3.00. The van der Waals surface area contributed by atoms with E-state index in [2.05, 4.69) is 15.1 Å². The number of nitrogens with one attached hydrogen (secondary N) is 1. The minimum Gasteiger partial charge on any atom is -0.434 e. The number of esters is 1. The molecule has 8 nitrogen and oxygen atoms in total. The van der Waals surface area contributed by atoms with E-state index in [-0.39, 0.29) is 5.56 Å². The molecule has 1 unspecified atom stereocenters. The van der Waals surface area contributed by atoms with Crippen LogP contribution in [0.2, 0.25) is 0 Å². The summed E-state index contributed by atoms with van der Waals surface area (Å²) >= 11 is 0. The standard InChI is InChI=1S/C15H15N5O3/c1-9(16)15(22)23-14(10-5-3-2-4-6-10)20-12-11(7-19-20)13(21)18-8-17-12/h2-9,14H,16H2,1H3,(H,17,18,21)/t9-,14?/m0/s1. The average molecular weight is 313 g/mol. The molecule has 2 atom stereocenters. The summed E-state index contributed by atoms with van der Waals surface area (Å²) in [5.74, 6) is -0.577. The van der Waals surface area contributed by atoms with Gasteiger partial charge in [0, 0.05) is 5.56 Å². The Morgan fingerprint density at radius 1 is 1.35 bits per heavy atom. The normalized spacial score (nSPS) is 13.7. The Morgan fingerprint density at radius 2 is 2.09 bits per heavy atom. The number of aromatic nitrogens is 4. The molecule has 23 heavy (non-hydrogen) atoms. The molecule has 3 rings (SSSR count). The number of benzene rings is 1. The molecule has 0 saturated heterocycles. The molecule has 2 aromatic heterocycles. The van der Waals surface area contributed by atoms with Crippen molar-refractivity contribution in [2.45, 2.75) is 19.2 Å². The van der Waals surface area contributed by atoms with Crippen molar-refractivity contribution in [2.24, 2.45) is 5.73 Å². The van der Waals surface area contributed by atoms with E-state index in [1.807, 2.05) is 18.2 Å². The fourth-order valence-electron chi connectivity index (χ4n) is 2.14. The summed E-state index contributed by atoms with van der Waals surface area (Å²) in [6, 6.07) is 8.28. The van der Waals surface area contributed by atoms with Crippen LogP contribution in [-0.2, 0) is 9.53 Å². The van der Waals surface area contributed by atoms with Crippen LogP contribution < -0.4 is 11.3 Å². The minimum absolute atomic E-state index is 0.310. The second-order valence-electron chi connectivity index (χ2n) is 5.05. The zero-order valence-corrected chi connectivity index (χ0v) is 12.3. The van der Waals surface area contributed by atoms with Crippen LogP contribution in [0.15, 0.2) is 47.7 Å². The van der Waals surface area contributed by atoms with E-state index in [4.69, 9.17) is 10.5 Å². The van der Waals surface area contributed by atoms with Gasteiger partial charge in [0.05, 0.1) is 12.5 Å². The Balaban J connectivity index is 2.12. The van der Waals surface area contributed by atoms with Gasteiger partial charge in [0.1, 0.15) is 11.4 Å². The molecule has 0 fully saturated rings. The molecule has 0 radical (unpaired) electrons. The highest BCUT2D eigenvalue weighted by Gasteiger charge is 2.24. The van der Waals surface area contributed by atoms with Crippen LogP contribution in [0, 0.1) is 0 Å².